The van der Waals surface area contributed by atoms with Crippen LogP contribution in [-0.2, 0) is 9.59 Å². The van der Waals surface area contributed by atoms with Gasteiger partial charge < -0.3 is 19.7 Å². The van der Waals surface area contributed by atoms with Gasteiger partial charge in [-0.05, 0) is 24.3 Å². The van der Waals surface area contributed by atoms with Gasteiger partial charge in [0, 0.05) is 31.6 Å². The van der Waals surface area contributed by atoms with Gasteiger partial charge >= 0.3 is 0 Å². The van der Waals surface area contributed by atoms with Crippen LogP contribution in [0.25, 0.3) is 10.9 Å². The fourth-order valence-electron chi connectivity index (χ4n) is 2.99. The number of amides is 2. The summed E-state index contributed by atoms with van der Waals surface area (Å²) in [5, 5.41) is 3.72. The van der Waals surface area contributed by atoms with Crippen LogP contribution in [0.4, 0.5) is 5.69 Å². The van der Waals surface area contributed by atoms with Gasteiger partial charge in [0.25, 0.3) is 5.91 Å². The molecule has 2 aromatic carbocycles. The number of carbonyl (C=O) groups excluding carboxylic acids is 2. The van der Waals surface area contributed by atoms with Gasteiger partial charge in [-0.1, -0.05) is 30.3 Å². The number of rotatable bonds is 8. The maximum absolute atomic E-state index is 12.2. The fraction of sp³-hybridized carbons (Fsp3) is 0.227. The molecule has 1 aromatic heterocycles. The maximum atomic E-state index is 12.2. The Morgan fingerprint density at radius 2 is 1.79 bits per heavy atom. The number of anilines is 1. The van der Waals surface area contributed by atoms with Crippen molar-refractivity contribution in [2.75, 3.05) is 31.7 Å². The number of fused-ring (bicyclic) bond motifs is 1. The molecule has 2 amide bonds. The van der Waals surface area contributed by atoms with Gasteiger partial charge in [0.2, 0.25) is 5.91 Å². The molecule has 0 radical (unpaired) electrons. The number of hydrogen-bond donors (Lipinski definition) is 1. The molecule has 7 nitrogen and oxygen atoms in total. The van der Waals surface area contributed by atoms with E-state index in [1.54, 1.807) is 36.4 Å². The zero-order valence-corrected chi connectivity index (χ0v) is 16.4. The lowest BCUT2D eigenvalue weighted by molar-refractivity contribution is -0.123. The molecule has 0 spiro atoms. The molecular weight excluding hydrogens is 370 g/mol. The Morgan fingerprint density at radius 1 is 1.03 bits per heavy atom. The van der Waals surface area contributed by atoms with Crippen molar-refractivity contribution in [3.8, 4) is 11.5 Å². The Labute approximate surface area is 169 Å². The van der Waals surface area contributed by atoms with E-state index < -0.39 is 0 Å². The topological polar surface area (TPSA) is 80.8 Å². The number of ether oxygens (including phenoxy) is 2. The molecule has 3 aromatic rings. The monoisotopic (exact) mass is 393 g/mol. The van der Waals surface area contributed by atoms with Crippen molar-refractivity contribution in [1.29, 1.82) is 0 Å². The highest BCUT2D eigenvalue weighted by Gasteiger charge is 2.15. The highest BCUT2D eigenvalue weighted by molar-refractivity contribution is 6.01. The third-order valence-corrected chi connectivity index (χ3v) is 4.37. The lowest BCUT2D eigenvalue weighted by Crippen LogP contribution is -2.39. The van der Waals surface area contributed by atoms with E-state index in [0.717, 1.165) is 16.6 Å². The molecule has 0 aliphatic rings. The van der Waals surface area contributed by atoms with Gasteiger partial charge in [0.05, 0.1) is 18.3 Å². The third-order valence-electron chi connectivity index (χ3n) is 4.37. The number of benzene rings is 2. The predicted octanol–water partition coefficient (Wildman–Crippen LogP) is 2.79. The van der Waals surface area contributed by atoms with Gasteiger partial charge in [-0.3, -0.25) is 14.6 Å². The van der Waals surface area contributed by atoms with Gasteiger partial charge in [-0.25, -0.2) is 0 Å². The average molecular weight is 393 g/mol. The van der Waals surface area contributed by atoms with Crippen LogP contribution in [0.5, 0.6) is 11.5 Å². The summed E-state index contributed by atoms with van der Waals surface area (Å²) in [6, 6.07) is 16.6. The Balaban J connectivity index is 1.58. The van der Waals surface area contributed by atoms with Crippen LogP contribution >= 0.6 is 0 Å². The van der Waals surface area contributed by atoms with Crippen LogP contribution in [0.2, 0.25) is 0 Å². The van der Waals surface area contributed by atoms with Crippen molar-refractivity contribution in [2.24, 2.45) is 0 Å². The summed E-state index contributed by atoms with van der Waals surface area (Å²) in [6.45, 7) is 1.97. The van der Waals surface area contributed by atoms with E-state index in [2.05, 4.69) is 10.3 Å². The van der Waals surface area contributed by atoms with Crippen molar-refractivity contribution in [1.82, 2.24) is 10.3 Å². The number of pyridine rings is 1. The van der Waals surface area contributed by atoms with Gasteiger partial charge in [-0.15, -0.1) is 0 Å². The van der Waals surface area contributed by atoms with Crippen LogP contribution in [0.1, 0.15) is 6.92 Å². The number of methoxy groups -OCH3 is 1. The molecule has 1 N–H and O–H groups in total. The number of nitrogens with one attached hydrogen (secondary N) is 1. The summed E-state index contributed by atoms with van der Waals surface area (Å²) in [5.74, 6) is 0.655. The Morgan fingerprint density at radius 3 is 2.55 bits per heavy atom. The summed E-state index contributed by atoms with van der Waals surface area (Å²) in [4.78, 5) is 30.3. The second kappa shape index (κ2) is 9.54. The first-order valence-electron chi connectivity index (χ1n) is 9.24. The molecule has 29 heavy (non-hydrogen) atoms. The third kappa shape index (κ3) is 5.01. The minimum absolute atomic E-state index is 0.123. The van der Waals surface area contributed by atoms with Gasteiger partial charge in [0.1, 0.15) is 0 Å². The van der Waals surface area contributed by atoms with E-state index in [9.17, 15) is 9.59 Å². The van der Waals surface area contributed by atoms with Crippen molar-refractivity contribution in [3.63, 3.8) is 0 Å². The number of carbonyl (C=O) groups is 2. The first-order valence-corrected chi connectivity index (χ1v) is 9.24. The quantitative estimate of drug-likeness (QED) is 0.637. The van der Waals surface area contributed by atoms with Crippen molar-refractivity contribution < 1.29 is 19.1 Å². The predicted molar refractivity (Wildman–Crippen MR) is 111 cm³/mol. The standard InChI is InChI=1S/C22H23N3O4/c1-16(26)25(18-9-5-7-17-8-6-12-24-22(17)18)14-13-23-21(27)15-29-20-11-4-3-10-19(20)28-2/h3-12H,13-15H2,1-2H3,(H,23,27). The number of para-hydroxylation sites is 3. The minimum Gasteiger partial charge on any atom is -0.493 e. The summed E-state index contributed by atoms with van der Waals surface area (Å²) in [6.07, 6.45) is 1.70. The van der Waals surface area contributed by atoms with Gasteiger partial charge in [-0.2, -0.15) is 0 Å². The van der Waals surface area contributed by atoms with E-state index >= 15 is 0 Å². The van der Waals surface area contributed by atoms with Crippen LogP contribution < -0.4 is 19.7 Å². The molecule has 0 saturated heterocycles. The molecule has 0 saturated carbocycles. The van der Waals surface area contributed by atoms with E-state index in [4.69, 9.17) is 9.47 Å². The lowest BCUT2D eigenvalue weighted by atomic mass is 10.1. The van der Waals surface area contributed by atoms with Crippen molar-refractivity contribution in [2.45, 2.75) is 6.92 Å². The largest absolute Gasteiger partial charge is 0.493 e. The molecule has 0 fully saturated rings. The van der Waals surface area contributed by atoms with Gasteiger partial charge in [0.15, 0.2) is 18.1 Å². The number of hydrogen-bond acceptors (Lipinski definition) is 5. The molecule has 3 rings (SSSR count). The molecule has 0 aliphatic heterocycles. The minimum atomic E-state index is -0.282. The van der Waals surface area contributed by atoms with E-state index in [-0.39, 0.29) is 25.0 Å². The molecular formula is C22H23N3O4. The second-order valence-corrected chi connectivity index (χ2v) is 6.31. The van der Waals surface area contributed by atoms with Crippen LogP contribution in [0, 0.1) is 0 Å². The van der Waals surface area contributed by atoms with E-state index in [1.807, 2.05) is 36.4 Å². The Bertz CT molecular complexity index is 1000. The maximum Gasteiger partial charge on any atom is 0.258 e. The summed E-state index contributed by atoms with van der Waals surface area (Å²) in [5.41, 5.74) is 1.46. The van der Waals surface area contributed by atoms with Crippen molar-refractivity contribution in [3.05, 3.63) is 60.8 Å². The number of nitrogens with zero attached hydrogens (tertiary/aromatic N) is 2. The number of aromatic nitrogens is 1. The molecule has 0 atom stereocenters. The Kier molecular flexibility index (Phi) is 6.63. The average Bonchev–Trinajstić information content (AvgIpc) is 2.75. The molecule has 1 heterocycles. The molecule has 0 aliphatic carbocycles. The molecule has 7 heteroatoms. The van der Waals surface area contributed by atoms with Crippen LogP contribution in [0.15, 0.2) is 60.8 Å². The summed E-state index contributed by atoms with van der Waals surface area (Å²) in [7, 11) is 1.54. The lowest BCUT2D eigenvalue weighted by Gasteiger charge is -2.22. The summed E-state index contributed by atoms with van der Waals surface area (Å²) < 4.78 is 10.7. The van der Waals surface area contributed by atoms with Crippen molar-refractivity contribution >= 4 is 28.4 Å². The SMILES string of the molecule is COc1ccccc1OCC(=O)NCCN(C(C)=O)c1cccc2cccnc12. The zero-order valence-electron chi connectivity index (χ0n) is 16.4. The smallest absolute Gasteiger partial charge is 0.258 e. The van der Waals surface area contributed by atoms with Crippen LogP contribution in [0.3, 0.4) is 0 Å². The van der Waals surface area contributed by atoms with E-state index in [0.29, 0.717) is 18.0 Å². The molecule has 0 unspecified atom stereocenters. The second-order valence-electron chi connectivity index (χ2n) is 6.31. The molecule has 150 valence electrons. The van der Waals surface area contributed by atoms with Crippen LogP contribution in [-0.4, -0.2) is 43.6 Å². The summed E-state index contributed by atoms with van der Waals surface area (Å²) >= 11 is 0. The first-order chi connectivity index (χ1) is 14.1. The highest BCUT2D eigenvalue weighted by Crippen LogP contribution is 2.26. The van der Waals surface area contributed by atoms with E-state index in [1.165, 1.54) is 6.92 Å². The zero-order chi connectivity index (χ0) is 20.6. The fourth-order valence-corrected chi connectivity index (χ4v) is 2.99. The first kappa shape index (κ1) is 20.1. The Hall–Kier alpha value is -3.61. The molecule has 0 bridgehead atoms. The normalized spacial score (nSPS) is 10.4. The highest BCUT2D eigenvalue weighted by atomic mass is 16.5.